The number of aryl methyl sites for hydroxylation is 1. The van der Waals surface area contributed by atoms with Gasteiger partial charge in [0.15, 0.2) is 18.1 Å². The Labute approximate surface area is 202 Å². The van der Waals surface area contributed by atoms with Gasteiger partial charge >= 0.3 is 0 Å². The first kappa shape index (κ1) is 23.7. The van der Waals surface area contributed by atoms with Gasteiger partial charge in [-0.25, -0.2) is 0 Å². The molecule has 0 aliphatic carbocycles. The summed E-state index contributed by atoms with van der Waals surface area (Å²) < 4.78 is 27.5. The Morgan fingerprint density at radius 1 is 0.914 bits per heavy atom. The zero-order valence-electron chi connectivity index (χ0n) is 19.8. The van der Waals surface area contributed by atoms with E-state index in [-0.39, 0.29) is 12.0 Å². The summed E-state index contributed by atoms with van der Waals surface area (Å²) in [6.07, 6.45) is 0. The van der Waals surface area contributed by atoms with Gasteiger partial charge in [-0.3, -0.25) is 9.59 Å². The number of hydrogen-bond acceptors (Lipinski definition) is 7. The van der Waals surface area contributed by atoms with Gasteiger partial charge in [-0.15, -0.1) is 0 Å². The molecule has 0 fully saturated rings. The van der Waals surface area contributed by atoms with E-state index in [0.717, 1.165) is 5.56 Å². The van der Waals surface area contributed by atoms with Crippen molar-refractivity contribution in [3.63, 3.8) is 0 Å². The molecule has 1 amide bonds. The van der Waals surface area contributed by atoms with E-state index in [1.54, 1.807) is 37.3 Å². The summed E-state index contributed by atoms with van der Waals surface area (Å²) in [5, 5.41) is 3.17. The quantitative estimate of drug-likeness (QED) is 0.391. The number of ether oxygens (including phenoxy) is 4. The van der Waals surface area contributed by atoms with Crippen molar-refractivity contribution >= 4 is 22.6 Å². The third kappa shape index (κ3) is 4.91. The maximum Gasteiger partial charge on any atom is 0.262 e. The van der Waals surface area contributed by atoms with Gasteiger partial charge < -0.3 is 28.7 Å². The van der Waals surface area contributed by atoms with E-state index >= 15 is 0 Å². The maximum absolute atomic E-state index is 13.1. The standard InChI is InChI=1S/C27H25NO7/c1-16-25(17-8-6-5-7-9-17)26(30)20-11-10-19(14-21(20)35-16)34-15-24(29)28-18-12-22(31-2)27(33-4)23(13-18)32-3/h5-14H,15H2,1-4H3,(H,28,29). The minimum atomic E-state index is -0.392. The van der Waals surface area contributed by atoms with Crippen LogP contribution in [0.25, 0.3) is 22.1 Å². The van der Waals surface area contributed by atoms with Crippen molar-refractivity contribution in [2.24, 2.45) is 0 Å². The molecule has 1 heterocycles. The van der Waals surface area contributed by atoms with Crippen LogP contribution < -0.4 is 29.7 Å². The van der Waals surface area contributed by atoms with Crippen LogP contribution >= 0.6 is 0 Å². The Balaban J connectivity index is 1.51. The molecular weight excluding hydrogens is 450 g/mol. The lowest BCUT2D eigenvalue weighted by molar-refractivity contribution is -0.118. The average Bonchev–Trinajstić information content (AvgIpc) is 2.87. The Bertz CT molecular complexity index is 1400. The molecule has 4 rings (SSSR count). The van der Waals surface area contributed by atoms with Crippen LogP contribution in [0.5, 0.6) is 23.0 Å². The van der Waals surface area contributed by atoms with Gasteiger partial charge in [-0.1, -0.05) is 30.3 Å². The smallest absolute Gasteiger partial charge is 0.262 e. The fourth-order valence-corrected chi connectivity index (χ4v) is 3.81. The molecule has 4 aromatic rings. The number of anilines is 1. The van der Waals surface area contributed by atoms with Gasteiger partial charge in [0.25, 0.3) is 5.91 Å². The van der Waals surface area contributed by atoms with Crippen LogP contribution in [-0.4, -0.2) is 33.8 Å². The van der Waals surface area contributed by atoms with Crippen LogP contribution in [0, 0.1) is 6.92 Å². The number of carbonyl (C=O) groups excluding carboxylic acids is 1. The number of rotatable bonds is 8. The maximum atomic E-state index is 13.1. The normalized spacial score (nSPS) is 10.6. The molecule has 0 saturated heterocycles. The molecule has 0 saturated carbocycles. The Morgan fingerprint density at radius 3 is 2.23 bits per heavy atom. The summed E-state index contributed by atoms with van der Waals surface area (Å²) in [6.45, 7) is 1.50. The zero-order valence-corrected chi connectivity index (χ0v) is 19.8. The minimum absolute atomic E-state index is 0.123. The molecule has 3 aromatic carbocycles. The zero-order chi connectivity index (χ0) is 24.9. The summed E-state index contributed by atoms with van der Waals surface area (Å²) in [5.41, 5.74) is 2.04. The predicted octanol–water partition coefficient (Wildman–Crippen LogP) is 4.81. The molecule has 0 bridgehead atoms. The van der Waals surface area contributed by atoms with Crippen molar-refractivity contribution in [2.75, 3.05) is 33.3 Å². The lowest BCUT2D eigenvalue weighted by Crippen LogP contribution is -2.20. The van der Waals surface area contributed by atoms with Crippen LogP contribution in [-0.2, 0) is 4.79 Å². The highest BCUT2D eigenvalue weighted by Crippen LogP contribution is 2.39. The Hall–Kier alpha value is -4.46. The molecule has 180 valence electrons. The van der Waals surface area contributed by atoms with Crippen molar-refractivity contribution in [3.8, 4) is 34.1 Å². The average molecular weight is 475 g/mol. The second-order valence-corrected chi connectivity index (χ2v) is 7.64. The second kappa shape index (κ2) is 10.2. The van der Waals surface area contributed by atoms with Gasteiger partial charge in [-0.05, 0) is 24.6 Å². The molecular formula is C27H25NO7. The molecule has 0 unspecified atom stereocenters. The van der Waals surface area contributed by atoms with Gasteiger partial charge in [0.1, 0.15) is 17.1 Å². The Morgan fingerprint density at radius 2 is 1.60 bits per heavy atom. The first-order valence-corrected chi connectivity index (χ1v) is 10.8. The summed E-state index contributed by atoms with van der Waals surface area (Å²) in [7, 11) is 4.49. The van der Waals surface area contributed by atoms with Gasteiger partial charge in [-0.2, -0.15) is 0 Å². The molecule has 35 heavy (non-hydrogen) atoms. The number of carbonyl (C=O) groups is 1. The van der Waals surface area contributed by atoms with Crippen LogP contribution in [0.1, 0.15) is 5.76 Å². The third-order valence-corrected chi connectivity index (χ3v) is 5.42. The van der Waals surface area contributed by atoms with Crippen molar-refractivity contribution in [1.82, 2.24) is 0 Å². The first-order chi connectivity index (χ1) is 16.9. The van der Waals surface area contributed by atoms with Crippen LogP contribution in [0.15, 0.2) is 69.9 Å². The van der Waals surface area contributed by atoms with E-state index in [1.807, 2.05) is 30.3 Å². The van der Waals surface area contributed by atoms with Crippen LogP contribution in [0.2, 0.25) is 0 Å². The van der Waals surface area contributed by atoms with Crippen LogP contribution in [0.3, 0.4) is 0 Å². The third-order valence-electron chi connectivity index (χ3n) is 5.42. The van der Waals surface area contributed by atoms with Crippen molar-refractivity contribution in [1.29, 1.82) is 0 Å². The highest BCUT2D eigenvalue weighted by Gasteiger charge is 2.16. The number of benzene rings is 3. The molecule has 0 aliphatic heterocycles. The predicted molar refractivity (Wildman–Crippen MR) is 133 cm³/mol. The van der Waals surface area contributed by atoms with Crippen molar-refractivity contribution in [3.05, 3.63) is 76.6 Å². The number of amides is 1. The number of nitrogens with one attached hydrogen (secondary N) is 1. The highest BCUT2D eigenvalue weighted by atomic mass is 16.5. The van der Waals surface area contributed by atoms with Gasteiger partial charge in [0.05, 0.1) is 32.3 Å². The van der Waals surface area contributed by atoms with E-state index in [2.05, 4.69) is 5.32 Å². The molecule has 0 spiro atoms. The lowest BCUT2D eigenvalue weighted by Gasteiger charge is -2.15. The molecule has 8 nitrogen and oxygen atoms in total. The summed E-state index contributed by atoms with van der Waals surface area (Å²) in [6, 6.07) is 17.5. The summed E-state index contributed by atoms with van der Waals surface area (Å²) >= 11 is 0. The van der Waals surface area contributed by atoms with Crippen molar-refractivity contribution in [2.45, 2.75) is 6.92 Å². The highest BCUT2D eigenvalue weighted by molar-refractivity contribution is 5.93. The number of hydrogen-bond donors (Lipinski definition) is 1. The topological polar surface area (TPSA) is 96.2 Å². The molecule has 1 aromatic heterocycles. The van der Waals surface area contributed by atoms with Gasteiger partial charge in [0.2, 0.25) is 11.2 Å². The van der Waals surface area contributed by atoms with E-state index < -0.39 is 5.91 Å². The second-order valence-electron chi connectivity index (χ2n) is 7.64. The van der Waals surface area contributed by atoms with E-state index in [4.69, 9.17) is 23.4 Å². The molecule has 8 heteroatoms. The summed E-state index contributed by atoms with van der Waals surface area (Å²) in [4.78, 5) is 25.6. The first-order valence-electron chi connectivity index (χ1n) is 10.8. The minimum Gasteiger partial charge on any atom is -0.493 e. The number of methoxy groups -OCH3 is 3. The van der Waals surface area contributed by atoms with E-state index in [9.17, 15) is 9.59 Å². The monoisotopic (exact) mass is 475 g/mol. The molecule has 0 radical (unpaired) electrons. The molecule has 1 N–H and O–H groups in total. The Kier molecular flexibility index (Phi) is 6.91. The van der Waals surface area contributed by atoms with Crippen LogP contribution in [0.4, 0.5) is 5.69 Å². The van der Waals surface area contributed by atoms with Crippen molar-refractivity contribution < 1.29 is 28.2 Å². The SMILES string of the molecule is COc1cc(NC(=O)COc2ccc3c(=O)c(-c4ccccc4)c(C)oc3c2)cc(OC)c1OC. The van der Waals surface area contributed by atoms with E-state index in [1.165, 1.54) is 21.3 Å². The summed E-state index contributed by atoms with van der Waals surface area (Å²) in [5.74, 6) is 1.76. The van der Waals surface area contributed by atoms with Gasteiger partial charge in [0, 0.05) is 23.9 Å². The lowest BCUT2D eigenvalue weighted by atomic mass is 10.0. The fourth-order valence-electron chi connectivity index (χ4n) is 3.81. The fraction of sp³-hybridized carbons (Fsp3) is 0.185. The molecule has 0 aliphatic rings. The van der Waals surface area contributed by atoms with E-state index in [0.29, 0.717) is 51.0 Å². The largest absolute Gasteiger partial charge is 0.493 e. The molecule has 0 atom stereocenters. The number of fused-ring (bicyclic) bond motifs is 1.